The van der Waals surface area contributed by atoms with Crippen molar-refractivity contribution in [2.24, 2.45) is 0 Å². The number of nitrogens with zero attached hydrogens (tertiary/aromatic N) is 1. The average Bonchev–Trinajstić information content (AvgIpc) is 2.79. The first-order chi connectivity index (χ1) is 8.50. The van der Waals surface area contributed by atoms with E-state index in [1.807, 2.05) is 18.7 Å². The van der Waals surface area contributed by atoms with Crippen molar-refractivity contribution in [3.63, 3.8) is 0 Å². The zero-order valence-electron chi connectivity index (χ0n) is 11.2. The lowest BCUT2D eigenvalue weighted by atomic mass is 10.0. The highest BCUT2D eigenvalue weighted by molar-refractivity contribution is 6.18. The molecule has 0 aliphatic carbocycles. The number of halogens is 1. The highest BCUT2D eigenvalue weighted by Crippen LogP contribution is 2.24. The van der Waals surface area contributed by atoms with Crippen LogP contribution in [0.3, 0.4) is 0 Å². The fourth-order valence-corrected chi connectivity index (χ4v) is 2.86. The Labute approximate surface area is 114 Å². The highest BCUT2D eigenvalue weighted by Gasteiger charge is 2.36. The van der Waals surface area contributed by atoms with Gasteiger partial charge in [-0.05, 0) is 26.7 Å². The summed E-state index contributed by atoms with van der Waals surface area (Å²) in [5, 5.41) is 0. The first kappa shape index (κ1) is 14.1. The van der Waals surface area contributed by atoms with Gasteiger partial charge in [-0.25, -0.2) is 0 Å². The first-order valence-electron chi connectivity index (χ1n) is 6.63. The minimum absolute atomic E-state index is 0.0659. The fourth-order valence-electron chi connectivity index (χ4n) is 2.70. The lowest BCUT2D eigenvalue weighted by Crippen LogP contribution is -2.55. The molecule has 5 heteroatoms. The number of hydrogen-bond acceptors (Lipinski definition) is 3. The smallest absolute Gasteiger partial charge is 0.225 e. The molecule has 0 aromatic rings. The highest BCUT2D eigenvalue weighted by atomic mass is 35.5. The van der Waals surface area contributed by atoms with Crippen molar-refractivity contribution in [1.82, 2.24) is 4.90 Å². The summed E-state index contributed by atoms with van der Waals surface area (Å²) >= 11 is 5.86. The Morgan fingerprint density at radius 3 is 2.83 bits per heavy atom. The van der Waals surface area contributed by atoms with Gasteiger partial charge in [0.2, 0.25) is 5.91 Å². The molecule has 0 aromatic carbocycles. The molecule has 2 rings (SSSR count). The summed E-state index contributed by atoms with van der Waals surface area (Å²) in [6.45, 7) is 6.01. The Bertz CT molecular complexity index is 303. The van der Waals surface area contributed by atoms with Crippen LogP contribution in [0.5, 0.6) is 0 Å². The van der Waals surface area contributed by atoms with E-state index < -0.39 is 0 Å². The van der Waals surface area contributed by atoms with Crippen LogP contribution in [0.15, 0.2) is 0 Å². The molecule has 2 aliphatic rings. The van der Waals surface area contributed by atoms with Crippen LogP contribution >= 0.6 is 11.6 Å². The van der Waals surface area contributed by atoms with E-state index in [0.717, 1.165) is 19.4 Å². The van der Waals surface area contributed by atoms with Gasteiger partial charge in [-0.3, -0.25) is 4.79 Å². The molecule has 104 valence electrons. The predicted molar refractivity (Wildman–Crippen MR) is 69.8 cm³/mol. The van der Waals surface area contributed by atoms with Crippen LogP contribution in [0.2, 0.25) is 0 Å². The number of ether oxygens (including phenoxy) is 2. The largest absolute Gasteiger partial charge is 0.378 e. The minimum Gasteiger partial charge on any atom is -0.378 e. The van der Waals surface area contributed by atoms with Crippen molar-refractivity contribution < 1.29 is 14.3 Å². The van der Waals surface area contributed by atoms with Gasteiger partial charge in [-0.1, -0.05) is 0 Å². The molecule has 0 bridgehead atoms. The van der Waals surface area contributed by atoms with E-state index in [1.54, 1.807) is 0 Å². The molecule has 0 aromatic heterocycles. The molecule has 2 atom stereocenters. The average molecular weight is 276 g/mol. The van der Waals surface area contributed by atoms with E-state index >= 15 is 0 Å². The molecule has 0 N–H and O–H groups in total. The summed E-state index contributed by atoms with van der Waals surface area (Å²) in [5.41, 5.74) is -0.315. The third-order valence-electron chi connectivity index (χ3n) is 3.43. The van der Waals surface area contributed by atoms with Gasteiger partial charge in [0.1, 0.15) is 0 Å². The van der Waals surface area contributed by atoms with Gasteiger partial charge in [0.15, 0.2) is 0 Å². The minimum atomic E-state index is -0.315. The van der Waals surface area contributed by atoms with Crippen molar-refractivity contribution in [1.29, 1.82) is 0 Å². The molecule has 4 nitrogen and oxygen atoms in total. The quantitative estimate of drug-likeness (QED) is 0.738. The third kappa shape index (κ3) is 3.59. The summed E-state index contributed by atoms with van der Waals surface area (Å²) < 4.78 is 11.3. The normalized spacial score (nSPS) is 31.6. The molecule has 2 heterocycles. The fraction of sp³-hybridized carbons (Fsp3) is 0.923. The van der Waals surface area contributed by atoms with Gasteiger partial charge in [-0.15, -0.1) is 11.6 Å². The van der Waals surface area contributed by atoms with Crippen molar-refractivity contribution >= 4 is 17.5 Å². The summed E-state index contributed by atoms with van der Waals surface area (Å²) in [6, 6.07) is 0. The van der Waals surface area contributed by atoms with Crippen LogP contribution in [0, 0.1) is 0 Å². The Morgan fingerprint density at radius 2 is 2.22 bits per heavy atom. The summed E-state index contributed by atoms with van der Waals surface area (Å²) in [4.78, 5) is 14.1. The molecule has 2 saturated heterocycles. The maximum Gasteiger partial charge on any atom is 0.225 e. The zero-order valence-corrected chi connectivity index (χ0v) is 11.9. The van der Waals surface area contributed by atoms with E-state index in [4.69, 9.17) is 21.1 Å². The number of alkyl halides is 1. The Balaban J connectivity index is 1.91. The number of hydrogen-bond donors (Lipinski definition) is 0. The number of amides is 1. The van der Waals surface area contributed by atoms with Crippen LogP contribution in [-0.2, 0) is 14.3 Å². The molecule has 1 amide bonds. The first-order valence-corrected chi connectivity index (χ1v) is 7.17. The molecule has 2 fully saturated rings. The van der Waals surface area contributed by atoms with E-state index in [0.29, 0.717) is 25.4 Å². The van der Waals surface area contributed by atoms with E-state index in [2.05, 4.69) is 0 Å². The SMILES string of the molecule is CC1(C)CN(C(=O)CC2CCCO2)CC(CCl)O1. The maximum absolute atomic E-state index is 12.3. The third-order valence-corrected chi connectivity index (χ3v) is 3.78. The van der Waals surface area contributed by atoms with Gasteiger partial charge in [0, 0.05) is 19.7 Å². The number of carbonyl (C=O) groups excluding carboxylic acids is 1. The molecule has 0 radical (unpaired) electrons. The van der Waals surface area contributed by atoms with Gasteiger partial charge in [0.05, 0.1) is 30.1 Å². The molecular formula is C13H22ClNO3. The van der Waals surface area contributed by atoms with Crippen molar-refractivity contribution in [3.05, 3.63) is 0 Å². The molecule has 18 heavy (non-hydrogen) atoms. The zero-order chi connectivity index (χ0) is 13.2. The molecule has 0 saturated carbocycles. The predicted octanol–water partition coefficient (Wildman–Crippen LogP) is 1.80. The number of rotatable bonds is 3. The van der Waals surface area contributed by atoms with Crippen LogP contribution in [0.1, 0.15) is 33.1 Å². The summed E-state index contributed by atoms with van der Waals surface area (Å²) in [5.74, 6) is 0.584. The molecular weight excluding hydrogens is 254 g/mol. The molecule has 0 spiro atoms. The maximum atomic E-state index is 12.3. The Hall–Kier alpha value is -0.320. The number of morpholine rings is 1. The summed E-state index contributed by atoms with van der Waals surface area (Å²) in [6.07, 6.45) is 2.60. The van der Waals surface area contributed by atoms with Crippen LogP contribution in [-0.4, -0.2) is 54.2 Å². The van der Waals surface area contributed by atoms with Gasteiger partial charge < -0.3 is 14.4 Å². The Morgan fingerprint density at radius 1 is 1.44 bits per heavy atom. The van der Waals surface area contributed by atoms with Crippen molar-refractivity contribution in [3.8, 4) is 0 Å². The van der Waals surface area contributed by atoms with Crippen molar-refractivity contribution in [2.45, 2.75) is 50.9 Å². The Kier molecular flexibility index (Phi) is 4.51. The van der Waals surface area contributed by atoms with Gasteiger partial charge in [-0.2, -0.15) is 0 Å². The van der Waals surface area contributed by atoms with Crippen molar-refractivity contribution in [2.75, 3.05) is 25.6 Å². The number of carbonyl (C=O) groups is 1. The van der Waals surface area contributed by atoms with E-state index in [1.165, 1.54) is 0 Å². The topological polar surface area (TPSA) is 38.8 Å². The summed E-state index contributed by atoms with van der Waals surface area (Å²) in [7, 11) is 0. The van der Waals surface area contributed by atoms with E-state index in [-0.39, 0.29) is 23.7 Å². The second kappa shape index (κ2) is 5.76. The second-order valence-corrected chi connectivity index (χ2v) is 6.08. The monoisotopic (exact) mass is 275 g/mol. The lowest BCUT2D eigenvalue weighted by Gasteiger charge is -2.42. The standard InChI is InChI=1S/C13H22ClNO3/c1-13(2)9-15(8-11(7-14)18-13)12(16)6-10-4-3-5-17-10/h10-11H,3-9H2,1-2H3. The molecule has 2 unspecified atom stereocenters. The lowest BCUT2D eigenvalue weighted by molar-refractivity contribution is -0.159. The van der Waals surface area contributed by atoms with Gasteiger partial charge >= 0.3 is 0 Å². The van der Waals surface area contributed by atoms with Crippen LogP contribution in [0.25, 0.3) is 0 Å². The van der Waals surface area contributed by atoms with Gasteiger partial charge in [0.25, 0.3) is 0 Å². The van der Waals surface area contributed by atoms with Crippen LogP contribution in [0.4, 0.5) is 0 Å². The molecule has 2 aliphatic heterocycles. The van der Waals surface area contributed by atoms with E-state index in [9.17, 15) is 4.79 Å². The van der Waals surface area contributed by atoms with Crippen LogP contribution < -0.4 is 0 Å². The second-order valence-electron chi connectivity index (χ2n) is 5.77.